The van der Waals surface area contributed by atoms with Crippen LogP contribution in [0.3, 0.4) is 0 Å². The molecule has 14 heavy (non-hydrogen) atoms. The molecule has 0 spiro atoms. The number of nitrogens with two attached hydrogens (primary N) is 1. The van der Waals surface area contributed by atoms with E-state index in [-0.39, 0.29) is 6.04 Å². The Hall–Kier alpha value is -0.0900. The highest BCUT2D eigenvalue weighted by atomic mass is 32.2. The van der Waals surface area contributed by atoms with Gasteiger partial charge in [-0.15, -0.1) is 0 Å². The Morgan fingerprint density at radius 3 is 2.43 bits per heavy atom. The van der Waals surface area contributed by atoms with E-state index in [4.69, 9.17) is 5.73 Å². The standard InChI is InChI=1S/C10H19NO2S/c11-10(9-2-1-3-9)6-8-4-5-14(12,13)7-8/h8-10H,1-7,11H2. The molecule has 0 aromatic carbocycles. The molecule has 0 bridgehead atoms. The van der Waals surface area contributed by atoms with Crippen molar-refractivity contribution < 1.29 is 8.42 Å². The molecule has 2 atom stereocenters. The number of sulfone groups is 1. The summed E-state index contributed by atoms with van der Waals surface area (Å²) in [5, 5.41) is 0. The van der Waals surface area contributed by atoms with Crippen LogP contribution in [0, 0.1) is 11.8 Å². The van der Waals surface area contributed by atoms with Gasteiger partial charge in [-0.05, 0) is 37.5 Å². The molecule has 3 nitrogen and oxygen atoms in total. The lowest BCUT2D eigenvalue weighted by Crippen LogP contribution is -2.36. The van der Waals surface area contributed by atoms with Gasteiger partial charge in [0, 0.05) is 6.04 Å². The molecule has 1 aliphatic carbocycles. The molecular weight excluding hydrogens is 198 g/mol. The first-order chi connectivity index (χ1) is 6.57. The van der Waals surface area contributed by atoms with E-state index in [0.29, 0.717) is 23.3 Å². The normalized spacial score (nSPS) is 33.9. The predicted molar refractivity (Wildman–Crippen MR) is 56.7 cm³/mol. The van der Waals surface area contributed by atoms with Crippen molar-refractivity contribution in [2.45, 2.75) is 38.1 Å². The highest BCUT2D eigenvalue weighted by Crippen LogP contribution is 2.33. The molecule has 4 heteroatoms. The van der Waals surface area contributed by atoms with E-state index in [9.17, 15) is 8.42 Å². The fraction of sp³-hybridized carbons (Fsp3) is 1.00. The zero-order chi connectivity index (χ0) is 10.2. The van der Waals surface area contributed by atoms with Gasteiger partial charge >= 0.3 is 0 Å². The van der Waals surface area contributed by atoms with Crippen LogP contribution in [-0.2, 0) is 9.84 Å². The fourth-order valence-corrected chi connectivity index (χ4v) is 4.38. The Labute approximate surface area is 86.0 Å². The minimum absolute atomic E-state index is 0.252. The molecule has 0 aromatic rings. The number of rotatable bonds is 3. The molecular formula is C10H19NO2S. The summed E-state index contributed by atoms with van der Waals surface area (Å²) in [6.07, 6.45) is 5.56. The minimum Gasteiger partial charge on any atom is -0.327 e. The topological polar surface area (TPSA) is 60.2 Å². The first kappa shape index (κ1) is 10.4. The third-order valence-corrected chi connectivity index (χ3v) is 5.52. The zero-order valence-electron chi connectivity index (χ0n) is 8.48. The van der Waals surface area contributed by atoms with Gasteiger partial charge in [0.15, 0.2) is 9.84 Å². The van der Waals surface area contributed by atoms with E-state index >= 15 is 0 Å². The van der Waals surface area contributed by atoms with Crippen molar-refractivity contribution in [2.24, 2.45) is 17.6 Å². The average molecular weight is 217 g/mol. The van der Waals surface area contributed by atoms with E-state index < -0.39 is 9.84 Å². The van der Waals surface area contributed by atoms with Crippen molar-refractivity contribution in [1.82, 2.24) is 0 Å². The molecule has 1 saturated heterocycles. The highest BCUT2D eigenvalue weighted by molar-refractivity contribution is 7.91. The summed E-state index contributed by atoms with van der Waals surface area (Å²) in [7, 11) is -2.71. The van der Waals surface area contributed by atoms with E-state index in [1.54, 1.807) is 0 Å². The molecule has 2 aliphatic rings. The van der Waals surface area contributed by atoms with E-state index in [0.717, 1.165) is 12.8 Å². The lowest BCUT2D eigenvalue weighted by Gasteiger charge is -2.32. The van der Waals surface area contributed by atoms with E-state index in [1.807, 2.05) is 0 Å². The second-order valence-corrected chi connectivity index (χ2v) is 7.09. The first-order valence-electron chi connectivity index (χ1n) is 5.53. The van der Waals surface area contributed by atoms with Crippen LogP contribution in [-0.4, -0.2) is 26.0 Å². The Bertz CT molecular complexity index is 295. The largest absolute Gasteiger partial charge is 0.327 e. The van der Waals surface area contributed by atoms with Gasteiger partial charge in [0.25, 0.3) is 0 Å². The van der Waals surface area contributed by atoms with Crippen molar-refractivity contribution in [3.63, 3.8) is 0 Å². The van der Waals surface area contributed by atoms with Crippen LogP contribution in [0.25, 0.3) is 0 Å². The van der Waals surface area contributed by atoms with Crippen LogP contribution in [0.5, 0.6) is 0 Å². The van der Waals surface area contributed by atoms with Crippen molar-refractivity contribution in [3.8, 4) is 0 Å². The summed E-state index contributed by atoms with van der Waals surface area (Å²) in [5.41, 5.74) is 6.05. The van der Waals surface area contributed by atoms with Crippen LogP contribution in [0.1, 0.15) is 32.1 Å². The first-order valence-corrected chi connectivity index (χ1v) is 7.35. The second kappa shape index (κ2) is 3.81. The summed E-state index contributed by atoms with van der Waals surface area (Å²) >= 11 is 0. The molecule has 1 heterocycles. The maximum Gasteiger partial charge on any atom is 0.150 e. The number of hydrogen-bond donors (Lipinski definition) is 1. The van der Waals surface area contributed by atoms with Gasteiger partial charge in [0.1, 0.15) is 0 Å². The van der Waals surface area contributed by atoms with Crippen LogP contribution >= 0.6 is 0 Å². The van der Waals surface area contributed by atoms with Crippen molar-refractivity contribution in [3.05, 3.63) is 0 Å². The fourth-order valence-electron chi connectivity index (χ4n) is 2.50. The minimum atomic E-state index is -2.71. The SMILES string of the molecule is NC(CC1CCS(=O)(=O)C1)C1CCC1. The maximum absolute atomic E-state index is 11.2. The highest BCUT2D eigenvalue weighted by Gasteiger charge is 2.32. The maximum atomic E-state index is 11.2. The third-order valence-electron chi connectivity index (χ3n) is 3.69. The molecule has 0 aromatic heterocycles. The van der Waals surface area contributed by atoms with Crippen LogP contribution < -0.4 is 5.73 Å². The molecule has 1 aliphatic heterocycles. The summed E-state index contributed by atoms with van der Waals surface area (Å²) < 4.78 is 22.5. The van der Waals surface area contributed by atoms with Crippen molar-refractivity contribution in [1.29, 1.82) is 0 Å². The average Bonchev–Trinajstić information content (AvgIpc) is 2.25. The van der Waals surface area contributed by atoms with Gasteiger partial charge in [0.05, 0.1) is 11.5 Å². The van der Waals surface area contributed by atoms with Crippen LogP contribution in [0.4, 0.5) is 0 Å². The number of hydrogen-bond acceptors (Lipinski definition) is 3. The Balaban J connectivity index is 1.80. The lowest BCUT2D eigenvalue weighted by atomic mass is 9.77. The molecule has 0 radical (unpaired) electrons. The monoisotopic (exact) mass is 217 g/mol. The van der Waals surface area contributed by atoms with Crippen molar-refractivity contribution in [2.75, 3.05) is 11.5 Å². The van der Waals surface area contributed by atoms with Crippen LogP contribution in [0.15, 0.2) is 0 Å². The molecule has 2 unspecified atom stereocenters. The summed E-state index contributed by atoms with van der Waals surface area (Å²) in [6, 6.07) is 0.252. The Morgan fingerprint density at radius 2 is 2.00 bits per heavy atom. The Kier molecular flexibility index (Phi) is 2.84. The summed E-state index contributed by atoms with van der Waals surface area (Å²) in [6.45, 7) is 0. The van der Waals surface area contributed by atoms with Gasteiger partial charge in [0.2, 0.25) is 0 Å². The van der Waals surface area contributed by atoms with E-state index in [2.05, 4.69) is 0 Å². The van der Waals surface area contributed by atoms with Gasteiger partial charge in [-0.2, -0.15) is 0 Å². The van der Waals surface area contributed by atoms with Crippen molar-refractivity contribution >= 4 is 9.84 Å². The van der Waals surface area contributed by atoms with Gasteiger partial charge < -0.3 is 5.73 Å². The van der Waals surface area contributed by atoms with E-state index in [1.165, 1.54) is 19.3 Å². The predicted octanol–water partition coefficient (Wildman–Crippen LogP) is 0.939. The van der Waals surface area contributed by atoms with Crippen LogP contribution in [0.2, 0.25) is 0 Å². The molecule has 0 amide bonds. The van der Waals surface area contributed by atoms with Gasteiger partial charge in [-0.1, -0.05) is 6.42 Å². The third kappa shape index (κ3) is 2.28. The molecule has 2 fully saturated rings. The zero-order valence-corrected chi connectivity index (χ0v) is 9.30. The molecule has 2 N–H and O–H groups in total. The quantitative estimate of drug-likeness (QED) is 0.765. The lowest BCUT2D eigenvalue weighted by molar-refractivity contribution is 0.236. The summed E-state index contributed by atoms with van der Waals surface area (Å²) in [4.78, 5) is 0. The summed E-state index contributed by atoms with van der Waals surface area (Å²) in [5.74, 6) is 1.79. The second-order valence-electron chi connectivity index (χ2n) is 4.86. The molecule has 82 valence electrons. The van der Waals surface area contributed by atoms with Gasteiger partial charge in [-0.25, -0.2) is 8.42 Å². The molecule has 2 rings (SSSR count). The smallest absolute Gasteiger partial charge is 0.150 e. The Morgan fingerprint density at radius 1 is 1.29 bits per heavy atom. The van der Waals surface area contributed by atoms with Gasteiger partial charge in [-0.3, -0.25) is 0 Å². The molecule has 1 saturated carbocycles.